The number of aliphatic hydroxyl groups is 1. The van der Waals surface area contributed by atoms with E-state index in [1.165, 1.54) is 19.3 Å². The van der Waals surface area contributed by atoms with Crippen molar-refractivity contribution in [1.82, 2.24) is 4.90 Å². The molecule has 0 radical (unpaired) electrons. The summed E-state index contributed by atoms with van der Waals surface area (Å²) in [6, 6.07) is 0. The van der Waals surface area contributed by atoms with Gasteiger partial charge in [-0.1, -0.05) is 6.42 Å². The molecule has 1 heterocycles. The summed E-state index contributed by atoms with van der Waals surface area (Å²) in [6.45, 7) is 2.41. The number of sulfone groups is 1. The summed E-state index contributed by atoms with van der Waals surface area (Å²) in [5.74, 6) is 0.0917. The number of rotatable bonds is 5. The monoisotopic (exact) mass is 221 g/mol. The fourth-order valence-electron chi connectivity index (χ4n) is 1.69. The molecule has 0 spiro atoms. The third-order valence-corrected chi connectivity index (χ3v) is 4.18. The van der Waals surface area contributed by atoms with Gasteiger partial charge in [0.2, 0.25) is 0 Å². The van der Waals surface area contributed by atoms with Crippen molar-refractivity contribution in [2.24, 2.45) is 0 Å². The molecule has 1 aliphatic rings. The van der Waals surface area contributed by atoms with Gasteiger partial charge in [-0.25, -0.2) is 8.42 Å². The van der Waals surface area contributed by atoms with Crippen molar-refractivity contribution < 1.29 is 13.5 Å². The molecule has 1 N–H and O–H groups in total. The molecule has 0 saturated carbocycles. The highest BCUT2D eigenvalue weighted by Gasteiger charge is 2.14. The number of hydrogen-bond acceptors (Lipinski definition) is 4. The Bertz CT molecular complexity index is 245. The van der Waals surface area contributed by atoms with Crippen molar-refractivity contribution in [1.29, 1.82) is 0 Å². The van der Waals surface area contributed by atoms with E-state index in [1.54, 1.807) is 0 Å². The van der Waals surface area contributed by atoms with Gasteiger partial charge >= 0.3 is 0 Å². The van der Waals surface area contributed by atoms with Crippen molar-refractivity contribution in [2.75, 3.05) is 37.7 Å². The van der Waals surface area contributed by atoms with E-state index in [1.807, 2.05) is 0 Å². The van der Waals surface area contributed by atoms with E-state index >= 15 is 0 Å². The predicted octanol–water partition coefficient (Wildman–Crippen LogP) is -0.121. The summed E-state index contributed by atoms with van der Waals surface area (Å²) in [5.41, 5.74) is 0. The maximum Gasteiger partial charge on any atom is 0.153 e. The van der Waals surface area contributed by atoms with Crippen LogP contribution in [0.3, 0.4) is 0 Å². The molecule has 0 unspecified atom stereocenters. The van der Waals surface area contributed by atoms with Crippen molar-refractivity contribution in [3.05, 3.63) is 0 Å². The zero-order valence-corrected chi connectivity index (χ0v) is 9.30. The minimum absolute atomic E-state index is 0.0964. The highest BCUT2D eigenvalue weighted by Crippen LogP contribution is 2.08. The van der Waals surface area contributed by atoms with E-state index in [0.717, 1.165) is 13.1 Å². The molecule has 0 aromatic rings. The second kappa shape index (κ2) is 5.68. The number of likely N-dealkylation sites (tertiary alicyclic amines) is 1. The van der Waals surface area contributed by atoms with E-state index in [-0.39, 0.29) is 18.1 Å². The maximum atomic E-state index is 11.3. The first-order valence-electron chi connectivity index (χ1n) is 5.18. The minimum atomic E-state index is -3.02. The molecule has 1 rings (SSSR count). The van der Waals surface area contributed by atoms with E-state index in [4.69, 9.17) is 5.11 Å². The van der Waals surface area contributed by atoms with Gasteiger partial charge in [0.15, 0.2) is 9.84 Å². The van der Waals surface area contributed by atoms with Gasteiger partial charge in [-0.15, -0.1) is 0 Å². The van der Waals surface area contributed by atoms with Crippen LogP contribution in [0.25, 0.3) is 0 Å². The van der Waals surface area contributed by atoms with Gasteiger partial charge in [-0.2, -0.15) is 0 Å². The molecule has 84 valence electrons. The smallest absolute Gasteiger partial charge is 0.153 e. The first kappa shape index (κ1) is 11.9. The Kier molecular flexibility index (Phi) is 4.84. The maximum absolute atomic E-state index is 11.3. The van der Waals surface area contributed by atoms with Crippen LogP contribution in [0.4, 0.5) is 0 Å². The van der Waals surface area contributed by atoms with Gasteiger partial charge in [0.25, 0.3) is 0 Å². The number of aliphatic hydroxyl groups excluding tert-OH is 1. The van der Waals surface area contributed by atoms with E-state index in [0.29, 0.717) is 6.54 Å². The van der Waals surface area contributed by atoms with Crippen LogP contribution in [0.1, 0.15) is 19.3 Å². The Morgan fingerprint density at radius 2 is 1.71 bits per heavy atom. The molecular formula is C9H19NO3S. The Labute approximate surface area is 85.8 Å². The highest BCUT2D eigenvalue weighted by molar-refractivity contribution is 7.91. The Morgan fingerprint density at radius 1 is 1.07 bits per heavy atom. The van der Waals surface area contributed by atoms with Crippen molar-refractivity contribution in [3.8, 4) is 0 Å². The molecule has 1 saturated heterocycles. The molecule has 0 atom stereocenters. The molecule has 4 nitrogen and oxygen atoms in total. The number of nitrogens with zero attached hydrogens (tertiary/aromatic N) is 1. The normalized spacial score (nSPS) is 19.8. The first-order valence-corrected chi connectivity index (χ1v) is 7.00. The lowest BCUT2D eigenvalue weighted by Crippen LogP contribution is -2.34. The van der Waals surface area contributed by atoms with E-state index in [9.17, 15) is 8.42 Å². The summed E-state index contributed by atoms with van der Waals surface area (Å²) in [7, 11) is -3.02. The largest absolute Gasteiger partial charge is 0.395 e. The fourth-order valence-corrected chi connectivity index (χ4v) is 2.71. The van der Waals surface area contributed by atoms with Gasteiger partial charge in [0.05, 0.1) is 18.1 Å². The van der Waals surface area contributed by atoms with Crippen molar-refractivity contribution >= 4 is 9.84 Å². The SMILES string of the molecule is O=S(=O)(CCO)CCN1CCCCC1. The summed E-state index contributed by atoms with van der Waals surface area (Å²) in [5, 5.41) is 8.55. The van der Waals surface area contributed by atoms with Crippen LogP contribution in [0.15, 0.2) is 0 Å². The summed E-state index contributed by atoms with van der Waals surface area (Å²) >= 11 is 0. The molecule has 0 aliphatic carbocycles. The highest BCUT2D eigenvalue weighted by atomic mass is 32.2. The average molecular weight is 221 g/mol. The standard InChI is InChI=1S/C9H19NO3S/c11-7-9-14(12,13)8-6-10-4-2-1-3-5-10/h11H,1-9H2. The zero-order chi connectivity index (χ0) is 10.4. The third kappa shape index (κ3) is 4.39. The molecule has 0 amide bonds. The van der Waals surface area contributed by atoms with E-state index < -0.39 is 9.84 Å². The van der Waals surface area contributed by atoms with Gasteiger partial charge in [0, 0.05) is 6.54 Å². The van der Waals surface area contributed by atoms with Crippen LogP contribution in [-0.2, 0) is 9.84 Å². The Hall–Kier alpha value is -0.130. The fraction of sp³-hybridized carbons (Fsp3) is 1.00. The Morgan fingerprint density at radius 3 is 2.29 bits per heavy atom. The zero-order valence-electron chi connectivity index (χ0n) is 8.48. The summed E-state index contributed by atoms with van der Waals surface area (Å²) in [4.78, 5) is 2.19. The number of hydrogen-bond donors (Lipinski definition) is 1. The number of piperidine rings is 1. The van der Waals surface area contributed by atoms with Crippen LogP contribution >= 0.6 is 0 Å². The molecule has 1 fully saturated rings. The van der Waals surface area contributed by atoms with Gasteiger partial charge in [-0.3, -0.25) is 0 Å². The summed E-state index contributed by atoms with van der Waals surface area (Å²) in [6.07, 6.45) is 3.62. The average Bonchev–Trinajstić information content (AvgIpc) is 2.17. The van der Waals surface area contributed by atoms with Crippen LogP contribution < -0.4 is 0 Å². The van der Waals surface area contributed by atoms with E-state index in [2.05, 4.69) is 4.90 Å². The lowest BCUT2D eigenvalue weighted by molar-refractivity contribution is 0.241. The summed E-state index contributed by atoms with van der Waals surface area (Å²) < 4.78 is 22.6. The van der Waals surface area contributed by atoms with Crippen molar-refractivity contribution in [2.45, 2.75) is 19.3 Å². The van der Waals surface area contributed by atoms with Gasteiger partial charge in [-0.05, 0) is 25.9 Å². The second-order valence-electron chi connectivity index (χ2n) is 3.78. The molecule has 0 aromatic carbocycles. The van der Waals surface area contributed by atoms with Crippen LogP contribution in [-0.4, -0.2) is 56.2 Å². The third-order valence-electron chi connectivity index (χ3n) is 2.57. The minimum Gasteiger partial charge on any atom is -0.395 e. The lowest BCUT2D eigenvalue weighted by atomic mass is 10.1. The second-order valence-corrected chi connectivity index (χ2v) is 6.08. The van der Waals surface area contributed by atoms with Crippen molar-refractivity contribution in [3.63, 3.8) is 0 Å². The lowest BCUT2D eigenvalue weighted by Gasteiger charge is -2.25. The molecule has 0 aromatic heterocycles. The quantitative estimate of drug-likeness (QED) is 0.703. The van der Waals surface area contributed by atoms with Crippen LogP contribution in [0.2, 0.25) is 0 Å². The molecule has 5 heteroatoms. The Balaban J connectivity index is 2.24. The molecular weight excluding hydrogens is 202 g/mol. The topological polar surface area (TPSA) is 57.6 Å². The molecule has 14 heavy (non-hydrogen) atoms. The first-order chi connectivity index (χ1) is 6.64. The van der Waals surface area contributed by atoms with Gasteiger partial charge < -0.3 is 10.0 Å². The molecule has 0 bridgehead atoms. The van der Waals surface area contributed by atoms with Crippen LogP contribution in [0, 0.1) is 0 Å². The predicted molar refractivity (Wildman–Crippen MR) is 56.0 cm³/mol. The van der Waals surface area contributed by atoms with Gasteiger partial charge in [0.1, 0.15) is 0 Å². The molecule has 1 aliphatic heterocycles. The van der Waals surface area contributed by atoms with Crippen LogP contribution in [0.5, 0.6) is 0 Å².